The minimum atomic E-state index is -4.39. The molecule has 0 aliphatic carbocycles. The second kappa shape index (κ2) is 7.77. The molecule has 0 saturated heterocycles. The van der Waals surface area contributed by atoms with E-state index in [9.17, 15) is 18.0 Å². The number of hydrogen-bond acceptors (Lipinski definition) is 5. The van der Waals surface area contributed by atoms with Crippen LogP contribution in [0.1, 0.15) is 32.1 Å². The molecule has 2 amide bonds. The lowest BCUT2D eigenvalue weighted by atomic mass is 9.93. The van der Waals surface area contributed by atoms with Gasteiger partial charge in [0.05, 0.1) is 23.6 Å². The maximum absolute atomic E-state index is 12.9. The van der Waals surface area contributed by atoms with E-state index in [2.05, 4.69) is 21.1 Å². The molecule has 0 radical (unpaired) electrons. The molecule has 32 heavy (non-hydrogen) atoms. The van der Waals surface area contributed by atoms with Gasteiger partial charge in [-0.25, -0.2) is 4.79 Å². The number of hydrogen-bond donors (Lipinski definition) is 3. The molecular weight excluding hydrogens is 423 g/mol. The Kier molecular flexibility index (Phi) is 5.23. The Morgan fingerprint density at radius 3 is 2.41 bits per heavy atom. The Balaban J connectivity index is 1.41. The zero-order chi connectivity index (χ0) is 23.1. The van der Waals surface area contributed by atoms with Gasteiger partial charge in [-0.1, -0.05) is 25.9 Å². The normalized spacial score (nSPS) is 13.5. The smallest absolute Gasteiger partial charge is 0.366 e. The van der Waals surface area contributed by atoms with Crippen molar-refractivity contribution in [3.05, 3.63) is 59.9 Å². The Morgan fingerprint density at radius 1 is 1.06 bits per heavy atom. The van der Waals surface area contributed by atoms with E-state index in [1.54, 1.807) is 30.3 Å². The number of benzene rings is 2. The van der Waals surface area contributed by atoms with Crippen molar-refractivity contribution in [2.45, 2.75) is 32.4 Å². The second-order valence-electron chi connectivity index (χ2n) is 8.45. The van der Waals surface area contributed by atoms with Crippen molar-refractivity contribution >= 4 is 34.6 Å². The van der Waals surface area contributed by atoms with Crippen molar-refractivity contribution in [1.29, 1.82) is 0 Å². The molecule has 0 unspecified atom stereocenters. The van der Waals surface area contributed by atoms with E-state index in [0.29, 0.717) is 35.3 Å². The highest BCUT2D eigenvalue weighted by Crippen LogP contribution is 2.41. The quantitative estimate of drug-likeness (QED) is 0.450. The van der Waals surface area contributed by atoms with Crippen molar-refractivity contribution in [1.82, 2.24) is 5.16 Å². The summed E-state index contributed by atoms with van der Waals surface area (Å²) in [5.41, 5.74) is 1.47. The van der Waals surface area contributed by atoms with Crippen LogP contribution in [0.25, 0.3) is 0 Å². The molecule has 1 aliphatic rings. The molecule has 1 aromatic heterocycles. The average Bonchev–Trinajstić information content (AvgIpc) is 3.34. The molecule has 4 rings (SSSR count). The van der Waals surface area contributed by atoms with E-state index < -0.39 is 17.8 Å². The number of rotatable bonds is 3. The van der Waals surface area contributed by atoms with E-state index >= 15 is 0 Å². The van der Waals surface area contributed by atoms with E-state index in [4.69, 9.17) is 4.52 Å². The number of halogens is 3. The number of nitrogens with zero attached hydrogens (tertiary/aromatic N) is 2. The van der Waals surface area contributed by atoms with Gasteiger partial charge in [-0.15, -0.1) is 0 Å². The van der Waals surface area contributed by atoms with Gasteiger partial charge < -0.3 is 20.1 Å². The van der Waals surface area contributed by atoms with Crippen LogP contribution in [0.3, 0.4) is 0 Å². The highest BCUT2D eigenvalue weighted by atomic mass is 19.4. The minimum absolute atomic E-state index is 0.226. The van der Waals surface area contributed by atoms with Gasteiger partial charge in [0.15, 0.2) is 5.82 Å². The zero-order valence-corrected chi connectivity index (χ0v) is 17.7. The van der Waals surface area contributed by atoms with Crippen LogP contribution in [0.15, 0.2) is 53.1 Å². The second-order valence-corrected chi connectivity index (χ2v) is 8.45. The Labute approximate surface area is 182 Å². The zero-order valence-electron chi connectivity index (χ0n) is 17.7. The molecule has 3 aromatic rings. The third kappa shape index (κ3) is 4.48. The number of anilines is 5. The van der Waals surface area contributed by atoms with Gasteiger partial charge in [0.1, 0.15) is 5.76 Å². The first kappa shape index (κ1) is 21.5. The van der Waals surface area contributed by atoms with Gasteiger partial charge in [-0.3, -0.25) is 5.32 Å². The molecule has 0 fully saturated rings. The monoisotopic (exact) mass is 445 g/mol. The van der Waals surface area contributed by atoms with Gasteiger partial charge >= 0.3 is 12.2 Å². The molecular formula is C22H22F3N5O2. The summed E-state index contributed by atoms with van der Waals surface area (Å²) in [6.07, 6.45) is -4.39. The van der Waals surface area contributed by atoms with Crippen molar-refractivity contribution < 1.29 is 22.5 Å². The van der Waals surface area contributed by atoms with Gasteiger partial charge in [0.2, 0.25) is 0 Å². The number of urea groups is 1. The molecule has 1 aliphatic heterocycles. The molecule has 3 N–H and O–H groups in total. The molecule has 2 heterocycles. The number of alkyl halides is 3. The van der Waals surface area contributed by atoms with E-state index in [0.717, 1.165) is 17.8 Å². The van der Waals surface area contributed by atoms with Gasteiger partial charge in [0.25, 0.3) is 0 Å². The average molecular weight is 445 g/mol. The van der Waals surface area contributed by atoms with Crippen LogP contribution in [0.2, 0.25) is 0 Å². The summed E-state index contributed by atoms with van der Waals surface area (Å²) in [6, 6.07) is 11.8. The Bertz CT molecular complexity index is 1130. The summed E-state index contributed by atoms with van der Waals surface area (Å²) in [5.74, 6) is 0.959. The number of amides is 2. The molecule has 0 saturated carbocycles. The van der Waals surface area contributed by atoms with Crippen LogP contribution in [-0.2, 0) is 11.6 Å². The summed E-state index contributed by atoms with van der Waals surface area (Å²) in [5, 5.41) is 12.1. The van der Waals surface area contributed by atoms with Crippen LogP contribution < -0.4 is 20.9 Å². The summed E-state index contributed by atoms with van der Waals surface area (Å²) in [6.45, 7) is 6.26. The Hall–Kier alpha value is -3.69. The standard InChI is InChI=1S/C22H22F3N5O2/c1-21(2,3)18-11-19(29-32-18)28-20(31)27-14-5-7-15(8-6-14)30-12-26-16-10-13(22(23,24)25)4-9-17(16)30/h4-11,26H,12H2,1-3H3,(H2,27,28,29,31). The number of carbonyl (C=O) groups is 1. The van der Waals surface area contributed by atoms with Gasteiger partial charge in [-0.05, 0) is 42.5 Å². The molecule has 168 valence electrons. The first-order valence-corrected chi connectivity index (χ1v) is 9.89. The lowest BCUT2D eigenvalue weighted by Gasteiger charge is -2.19. The van der Waals surface area contributed by atoms with Crippen molar-refractivity contribution in [3.8, 4) is 0 Å². The van der Waals surface area contributed by atoms with Crippen molar-refractivity contribution in [2.75, 3.05) is 27.5 Å². The third-order valence-corrected chi connectivity index (χ3v) is 4.97. The molecule has 7 nitrogen and oxygen atoms in total. The summed E-state index contributed by atoms with van der Waals surface area (Å²) < 4.78 is 44.0. The van der Waals surface area contributed by atoms with Crippen LogP contribution in [0.5, 0.6) is 0 Å². The predicted molar refractivity (Wildman–Crippen MR) is 116 cm³/mol. The van der Waals surface area contributed by atoms with Crippen molar-refractivity contribution in [2.24, 2.45) is 0 Å². The number of fused-ring (bicyclic) bond motifs is 1. The van der Waals surface area contributed by atoms with Crippen LogP contribution in [-0.4, -0.2) is 17.9 Å². The lowest BCUT2D eigenvalue weighted by molar-refractivity contribution is -0.137. The minimum Gasteiger partial charge on any atom is -0.366 e. The number of carbonyl (C=O) groups excluding carboxylic acids is 1. The summed E-state index contributed by atoms with van der Waals surface area (Å²) in [7, 11) is 0. The first-order chi connectivity index (χ1) is 15.0. The molecule has 0 atom stereocenters. The maximum Gasteiger partial charge on any atom is 0.416 e. The molecule has 10 heteroatoms. The van der Waals surface area contributed by atoms with E-state index in [1.807, 2.05) is 25.7 Å². The van der Waals surface area contributed by atoms with Crippen LogP contribution in [0, 0.1) is 0 Å². The predicted octanol–water partition coefficient (Wildman–Crippen LogP) is 6.16. The molecule has 0 bridgehead atoms. The lowest BCUT2D eigenvalue weighted by Crippen LogP contribution is -2.20. The fourth-order valence-electron chi connectivity index (χ4n) is 3.26. The van der Waals surface area contributed by atoms with Crippen LogP contribution >= 0.6 is 0 Å². The summed E-state index contributed by atoms with van der Waals surface area (Å²) >= 11 is 0. The first-order valence-electron chi connectivity index (χ1n) is 9.89. The third-order valence-electron chi connectivity index (χ3n) is 4.97. The van der Waals surface area contributed by atoms with Crippen molar-refractivity contribution in [3.63, 3.8) is 0 Å². The van der Waals surface area contributed by atoms with E-state index in [1.165, 1.54) is 6.07 Å². The highest BCUT2D eigenvalue weighted by molar-refractivity contribution is 5.99. The van der Waals surface area contributed by atoms with E-state index in [-0.39, 0.29) is 5.41 Å². The molecule has 2 aromatic carbocycles. The largest absolute Gasteiger partial charge is 0.416 e. The fourth-order valence-corrected chi connectivity index (χ4v) is 3.26. The fraction of sp³-hybridized carbons (Fsp3) is 0.273. The maximum atomic E-state index is 12.9. The van der Waals surface area contributed by atoms with Gasteiger partial charge in [-0.2, -0.15) is 13.2 Å². The number of nitrogens with one attached hydrogen (secondary N) is 3. The number of aromatic nitrogens is 1. The topological polar surface area (TPSA) is 82.4 Å². The highest BCUT2D eigenvalue weighted by Gasteiger charge is 2.32. The Morgan fingerprint density at radius 2 is 1.78 bits per heavy atom. The molecule has 0 spiro atoms. The summed E-state index contributed by atoms with van der Waals surface area (Å²) in [4.78, 5) is 14.1. The van der Waals surface area contributed by atoms with Crippen LogP contribution in [0.4, 0.5) is 46.5 Å². The SMILES string of the molecule is CC(C)(C)c1cc(NC(=O)Nc2ccc(N3CNc4cc(C(F)(F)F)ccc43)cc2)no1. The van der Waals surface area contributed by atoms with Gasteiger partial charge in [0, 0.05) is 22.9 Å².